The van der Waals surface area contributed by atoms with Crippen LogP contribution in [-0.4, -0.2) is 69.6 Å². The highest BCUT2D eigenvalue weighted by molar-refractivity contribution is 6.00. The largest absolute Gasteiger partial charge is 0.469 e. The maximum atomic E-state index is 13.9. The van der Waals surface area contributed by atoms with E-state index in [-0.39, 0.29) is 42.6 Å². The molecular formula is C44H46N6O7. The van der Waals surface area contributed by atoms with Gasteiger partial charge in [0.25, 0.3) is 0 Å². The molecule has 1 saturated heterocycles. The first-order chi connectivity index (χ1) is 27.6. The normalized spacial score (nSPS) is 19.4. The van der Waals surface area contributed by atoms with Crippen molar-refractivity contribution in [3.05, 3.63) is 95.8 Å². The number of ether oxygens (including phenoxy) is 2. The summed E-state index contributed by atoms with van der Waals surface area (Å²) in [5.74, 6) is -0.441. The Morgan fingerprint density at radius 3 is 2.25 bits per heavy atom. The Kier molecular flexibility index (Phi) is 10.5. The van der Waals surface area contributed by atoms with Gasteiger partial charge in [0.05, 0.1) is 56.6 Å². The highest BCUT2D eigenvalue weighted by Gasteiger charge is 2.44. The van der Waals surface area contributed by atoms with Crippen LogP contribution < -0.4 is 4.90 Å². The summed E-state index contributed by atoms with van der Waals surface area (Å²) in [6, 6.07) is 21.5. The Balaban J connectivity index is 0.951. The van der Waals surface area contributed by atoms with Crippen LogP contribution >= 0.6 is 0 Å². The number of carbonyl (C=O) groups excluding carboxylic acids is 4. The second-order valence-corrected chi connectivity index (χ2v) is 15.5. The van der Waals surface area contributed by atoms with Crippen LogP contribution in [0.15, 0.2) is 77.3 Å². The van der Waals surface area contributed by atoms with E-state index in [1.54, 1.807) is 11.1 Å². The lowest BCUT2D eigenvalue weighted by Crippen LogP contribution is -2.39. The number of aryl methyl sites for hydroxylation is 1. The Labute approximate surface area is 330 Å². The van der Waals surface area contributed by atoms with Crippen molar-refractivity contribution < 1.29 is 33.1 Å². The van der Waals surface area contributed by atoms with Gasteiger partial charge in [-0.2, -0.15) is 0 Å². The third-order valence-electron chi connectivity index (χ3n) is 11.7. The fraction of sp³-hybridized carbons (Fsp3) is 0.386. The van der Waals surface area contributed by atoms with Gasteiger partial charge in [-0.3, -0.25) is 24.1 Å². The van der Waals surface area contributed by atoms with E-state index in [0.717, 1.165) is 63.4 Å². The Morgan fingerprint density at radius 2 is 1.54 bits per heavy atom. The van der Waals surface area contributed by atoms with E-state index < -0.39 is 23.8 Å². The summed E-state index contributed by atoms with van der Waals surface area (Å²) in [5.41, 5.74) is 7.63. The molecule has 1 N–H and O–H groups in total. The van der Waals surface area contributed by atoms with Gasteiger partial charge in [0.2, 0.25) is 23.6 Å². The number of aromatic nitrogens is 4. The molecule has 0 bridgehead atoms. The SMILES string of the molecule is COC(=O)C[C@H]1CCc2cccc3c2N(C1=O)[C@H](c1nnc(-c2ccc(-c4ccc(-c5cnc([C@@H]6CCCN6C(=O)[C@@H](CC(=O)OC)C(C)C)[nH]5)cc4)cc2)o1)C3. The van der Waals surface area contributed by atoms with Gasteiger partial charge in [-0.1, -0.05) is 68.4 Å². The zero-order valence-electron chi connectivity index (χ0n) is 32.6. The average molecular weight is 771 g/mol. The summed E-state index contributed by atoms with van der Waals surface area (Å²) in [6.45, 7) is 4.54. The minimum Gasteiger partial charge on any atom is -0.469 e. The number of para-hydroxylation sites is 1. The van der Waals surface area contributed by atoms with Crippen LogP contribution in [0.1, 0.15) is 80.9 Å². The number of nitrogens with one attached hydrogen (secondary N) is 1. The number of benzene rings is 3. The van der Waals surface area contributed by atoms with Crippen LogP contribution in [0.5, 0.6) is 0 Å². The number of rotatable bonds is 11. The predicted molar refractivity (Wildman–Crippen MR) is 210 cm³/mol. The Hall–Kier alpha value is -6.11. The molecule has 13 heteroatoms. The zero-order chi connectivity index (χ0) is 39.8. The fourth-order valence-electron chi connectivity index (χ4n) is 8.55. The van der Waals surface area contributed by atoms with Crippen molar-refractivity contribution in [3.63, 3.8) is 0 Å². The van der Waals surface area contributed by atoms with Gasteiger partial charge in [0.1, 0.15) is 11.9 Å². The number of amides is 2. The van der Waals surface area contributed by atoms with Crippen LogP contribution in [0.4, 0.5) is 5.69 Å². The molecular weight excluding hydrogens is 725 g/mol. The minimum atomic E-state index is -0.497. The molecule has 5 heterocycles. The Morgan fingerprint density at radius 1 is 0.860 bits per heavy atom. The number of carbonyl (C=O) groups is 4. The maximum absolute atomic E-state index is 13.9. The summed E-state index contributed by atoms with van der Waals surface area (Å²) in [5, 5.41) is 8.79. The van der Waals surface area contributed by atoms with Crippen molar-refractivity contribution >= 4 is 29.4 Å². The van der Waals surface area contributed by atoms with Gasteiger partial charge in [-0.15, -0.1) is 10.2 Å². The lowest BCUT2D eigenvalue weighted by atomic mass is 9.91. The summed E-state index contributed by atoms with van der Waals surface area (Å²) in [7, 11) is 2.69. The van der Waals surface area contributed by atoms with Crippen LogP contribution in [-0.2, 0) is 41.5 Å². The van der Waals surface area contributed by atoms with Crippen molar-refractivity contribution in [2.45, 2.75) is 70.9 Å². The van der Waals surface area contributed by atoms with Crippen LogP contribution in [0.3, 0.4) is 0 Å². The van der Waals surface area contributed by atoms with E-state index in [0.29, 0.717) is 37.6 Å². The van der Waals surface area contributed by atoms with Gasteiger partial charge in [0.15, 0.2) is 0 Å². The maximum Gasteiger partial charge on any atom is 0.306 e. The standard InChI is InChI=1S/C44H46N6O7/c1-25(2)33(23-38(52)56-4)44(54)49-20-6-9-35(49)40-45-24-34(46-40)28-14-10-26(11-15-28)27-12-17-30(18-13-27)41-47-48-42(57-41)36-21-31-8-5-7-29-16-19-32(22-37(51)55-3)43(53)50(36)39(29)31/h5,7-8,10-15,17-18,24-25,32-33,35-36H,6,9,16,19-23H2,1-4H3,(H,45,46)/t32-,33+,35+,36+/m1/s1. The molecule has 2 aromatic heterocycles. The molecule has 57 heavy (non-hydrogen) atoms. The molecule has 2 amide bonds. The molecule has 13 nitrogen and oxygen atoms in total. The van der Waals surface area contributed by atoms with E-state index in [9.17, 15) is 19.2 Å². The molecule has 0 unspecified atom stereocenters. The quantitative estimate of drug-likeness (QED) is 0.138. The predicted octanol–water partition coefficient (Wildman–Crippen LogP) is 7.05. The lowest BCUT2D eigenvalue weighted by Gasteiger charge is -2.29. The summed E-state index contributed by atoms with van der Waals surface area (Å²) in [4.78, 5) is 63.5. The monoisotopic (exact) mass is 770 g/mol. The van der Waals surface area contributed by atoms with Crippen molar-refractivity contribution in [3.8, 4) is 33.8 Å². The number of H-pyrrole nitrogens is 1. The van der Waals surface area contributed by atoms with Crippen LogP contribution in [0.25, 0.3) is 33.8 Å². The number of esters is 2. The number of nitrogens with zero attached hydrogens (tertiary/aromatic N) is 5. The van der Waals surface area contributed by atoms with Gasteiger partial charge < -0.3 is 23.8 Å². The van der Waals surface area contributed by atoms with Gasteiger partial charge in [-0.25, -0.2) is 4.98 Å². The fourth-order valence-corrected chi connectivity index (χ4v) is 8.55. The number of aromatic amines is 1. The van der Waals surface area contributed by atoms with Gasteiger partial charge in [0, 0.05) is 24.4 Å². The van der Waals surface area contributed by atoms with Crippen molar-refractivity contribution in [2.75, 3.05) is 25.7 Å². The molecule has 0 aliphatic carbocycles. The summed E-state index contributed by atoms with van der Waals surface area (Å²) in [6.07, 6.45) is 5.36. The molecule has 0 spiro atoms. The minimum absolute atomic E-state index is 0.000795. The Bertz CT molecular complexity index is 2300. The van der Waals surface area contributed by atoms with Crippen LogP contribution in [0, 0.1) is 17.8 Å². The topological polar surface area (TPSA) is 161 Å². The smallest absolute Gasteiger partial charge is 0.306 e. The summed E-state index contributed by atoms with van der Waals surface area (Å²) >= 11 is 0. The first-order valence-corrected chi connectivity index (χ1v) is 19.6. The third-order valence-corrected chi connectivity index (χ3v) is 11.7. The van der Waals surface area contributed by atoms with Crippen molar-refractivity contribution in [1.29, 1.82) is 0 Å². The number of imidazole rings is 1. The van der Waals surface area contributed by atoms with Gasteiger partial charge in [-0.05, 0) is 71.6 Å². The van der Waals surface area contributed by atoms with Crippen molar-refractivity contribution in [1.82, 2.24) is 25.1 Å². The number of methoxy groups -OCH3 is 2. The molecule has 3 aromatic carbocycles. The molecule has 8 rings (SSSR count). The van der Waals surface area contributed by atoms with E-state index in [1.165, 1.54) is 14.2 Å². The first-order valence-electron chi connectivity index (χ1n) is 19.6. The summed E-state index contributed by atoms with van der Waals surface area (Å²) < 4.78 is 16.0. The molecule has 3 aliphatic rings. The first kappa shape index (κ1) is 37.8. The number of anilines is 1. The molecule has 5 aromatic rings. The van der Waals surface area contributed by atoms with Crippen LogP contribution in [0.2, 0.25) is 0 Å². The zero-order valence-corrected chi connectivity index (χ0v) is 32.6. The van der Waals surface area contributed by atoms with E-state index in [4.69, 9.17) is 13.9 Å². The number of hydrogen-bond acceptors (Lipinski definition) is 10. The van der Waals surface area contributed by atoms with Gasteiger partial charge >= 0.3 is 11.9 Å². The molecule has 0 saturated carbocycles. The highest BCUT2D eigenvalue weighted by Crippen LogP contribution is 2.46. The third kappa shape index (κ3) is 7.34. The molecule has 1 fully saturated rings. The molecule has 294 valence electrons. The average Bonchev–Trinajstić information content (AvgIpc) is 4.06. The molecule has 0 radical (unpaired) electrons. The van der Waals surface area contributed by atoms with Crippen molar-refractivity contribution in [2.24, 2.45) is 17.8 Å². The highest BCUT2D eigenvalue weighted by atomic mass is 16.5. The second kappa shape index (κ2) is 15.8. The molecule has 3 aliphatic heterocycles. The van der Waals surface area contributed by atoms with E-state index >= 15 is 0 Å². The number of hydrogen-bond donors (Lipinski definition) is 1. The molecule has 4 atom stereocenters. The van der Waals surface area contributed by atoms with E-state index in [2.05, 4.69) is 32.3 Å². The number of likely N-dealkylation sites (tertiary alicyclic amines) is 1. The second-order valence-electron chi connectivity index (χ2n) is 15.5. The van der Waals surface area contributed by atoms with E-state index in [1.807, 2.05) is 73.3 Å². The lowest BCUT2D eigenvalue weighted by molar-refractivity contribution is -0.148.